The van der Waals surface area contributed by atoms with E-state index in [0.29, 0.717) is 0 Å². The van der Waals surface area contributed by atoms with Gasteiger partial charge in [0.1, 0.15) is 0 Å². The molecule has 4 radical (unpaired) electrons. The topological polar surface area (TPSA) is 109 Å². The van der Waals surface area contributed by atoms with E-state index in [4.69, 9.17) is 29.5 Å². The Labute approximate surface area is 243 Å². The molecule has 0 rings (SSSR count). The fourth-order valence-electron chi connectivity index (χ4n) is 2.78. The summed E-state index contributed by atoms with van der Waals surface area (Å²) in [6, 6.07) is 0. The number of hydrogen-bond donors (Lipinski definition) is 4. The molecule has 0 amide bonds. The van der Waals surface area contributed by atoms with Crippen molar-refractivity contribution < 1.29 is 34.6 Å². The zero-order chi connectivity index (χ0) is 27.6. The molecule has 0 aromatic heterocycles. The van der Waals surface area contributed by atoms with Crippen LogP contribution >= 0.6 is 0 Å². The molecule has 0 aliphatic carbocycles. The third-order valence-electron chi connectivity index (χ3n) is 5.10. The van der Waals surface area contributed by atoms with Crippen LogP contribution in [0.2, 0.25) is 17.7 Å². The molecule has 7 nitrogen and oxygen atoms in total. The molecule has 0 saturated carbocycles. The van der Waals surface area contributed by atoms with Crippen LogP contribution in [0.3, 0.4) is 0 Å². The molecule has 0 bridgehead atoms. The molecule has 0 aromatic rings. The van der Waals surface area contributed by atoms with Crippen molar-refractivity contribution >= 4 is 42.3 Å². The summed E-state index contributed by atoms with van der Waals surface area (Å²) in [5, 5.41) is 35.4. The number of aliphatic hydroxyl groups excluding tert-OH is 4. The van der Waals surface area contributed by atoms with Gasteiger partial charge in [0.25, 0.3) is 0 Å². The summed E-state index contributed by atoms with van der Waals surface area (Å²) in [7, 11) is 0. The van der Waals surface area contributed by atoms with Crippen molar-refractivity contribution in [3.63, 3.8) is 0 Å². The fraction of sp³-hybridized carbons (Fsp3) is 1.00. The quantitative estimate of drug-likeness (QED) is 0.0822. The number of ether oxygens (including phenoxy) is 3. The minimum absolute atomic E-state index is 0.101. The molecular weight excluding hydrogens is 674 g/mol. The molecule has 0 saturated heterocycles. The molecule has 4 N–H and O–H groups in total. The second-order valence-corrected chi connectivity index (χ2v) is 17.5. The summed E-state index contributed by atoms with van der Waals surface area (Å²) < 4.78 is 22.1. The van der Waals surface area contributed by atoms with Gasteiger partial charge in [-0.1, -0.05) is 0 Å². The average Bonchev–Trinajstić information content (AvgIpc) is 2.89. The maximum absolute atomic E-state index is 9.45. The van der Waals surface area contributed by atoms with Crippen molar-refractivity contribution in [3.8, 4) is 0 Å². The molecule has 0 atom stereocenters. The number of hydrogen-bond acceptors (Lipinski definition) is 7. The van der Waals surface area contributed by atoms with Gasteiger partial charge < -0.3 is 34.6 Å². The Hall–Kier alpha value is 1.32. The van der Waals surface area contributed by atoms with E-state index in [-0.39, 0.29) is 108 Å². The first-order valence-electron chi connectivity index (χ1n) is 14.2. The van der Waals surface area contributed by atoms with Crippen LogP contribution in [0, 0.1) is 5.41 Å². The predicted octanol–water partition coefficient (Wildman–Crippen LogP) is 4.25. The molecule has 0 aromatic carbocycles. The molecule has 0 fully saturated rings. The number of rotatable bonds is 25. The van der Waals surface area contributed by atoms with E-state index in [1.807, 2.05) is 0 Å². The van der Waals surface area contributed by atoms with Gasteiger partial charge in [0.15, 0.2) is 0 Å². The van der Waals surface area contributed by atoms with Crippen molar-refractivity contribution in [1.29, 1.82) is 0 Å². The van der Waals surface area contributed by atoms with Gasteiger partial charge in [-0.2, -0.15) is 0 Å². The average molecular weight is 734 g/mol. The Morgan fingerprint density at radius 2 is 0.778 bits per heavy atom. The third kappa shape index (κ3) is 35.3. The number of unbranched alkanes of at least 4 members (excludes halogenated alkanes) is 4. The maximum atomic E-state index is 9.45. The largest absolute Gasteiger partial charge is 0.396 e. The van der Waals surface area contributed by atoms with Crippen LogP contribution in [-0.4, -0.2) is 129 Å². The fourth-order valence-corrected chi connectivity index (χ4v) is 11.1. The summed E-state index contributed by atoms with van der Waals surface area (Å²) in [4.78, 5) is 0. The Morgan fingerprint density at radius 3 is 0.972 bits per heavy atom. The molecule has 218 valence electrons. The van der Waals surface area contributed by atoms with Crippen molar-refractivity contribution in [1.82, 2.24) is 0 Å². The summed E-state index contributed by atoms with van der Waals surface area (Å²) in [6.07, 6.45) is 11.7. The van der Waals surface area contributed by atoms with Crippen LogP contribution in [0.5, 0.6) is 0 Å². The van der Waals surface area contributed by atoms with Crippen LogP contribution in [0.1, 0.15) is 79.1 Å². The molecule has 36 heavy (non-hydrogen) atoms. The molecule has 0 spiro atoms. The van der Waals surface area contributed by atoms with Crippen LogP contribution in [0.4, 0.5) is 0 Å². The third-order valence-corrected chi connectivity index (χ3v) is 13.2. The van der Waals surface area contributed by atoms with Gasteiger partial charge in [0.2, 0.25) is 0 Å². The molecule has 0 unspecified atom stereocenters. The van der Waals surface area contributed by atoms with E-state index < -0.39 is 5.41 Å². The normalized spacial score (nSPS) is 11.0. The summed E-state index contributed by atoms with van der Waals surface area (Å²) in [5.74, 6) is 0. The zero-order valence-corrected chi connectivity index (χ0v) is 29.8. The maximum Gasteiger partial charge on any atom is 0.0698 e. The van der Waals surface area contributed by atoms with E-state index >= 15 is 0 Å². The van der Waals surface area contributed by atoms with Crippen LogP contribution in [0.15, 0.2) is 0 Å². The van der Waals surface area contributed by atoms with E-state index in [1.165, 1.54) is 51.4 Å². The minimum Gasteiger partial charge on any atom is -0.396 e. The van der Waals surface area contributed by atoms with Gasteiger partial charge in [0, 0.05) is 0 Å². The Bertz CT molecular complexity index is 314. The second-order valence-electron chi connectivity index (χ2n) is 8.90. The first-order chi connectivity index (χ1) is 17.6. The first kappa shape index (κ1) is 41.8. The molecule has 0 aliphatic heterocycles. The molecule has 0 heterocycles. The molecule has 0 aliphatic rings. The van der Waals surface area contributed by atoms with Crippen LogP contribution in [-0.2, 0) is 14.2 Å². The second kappa shape index (κ2) is 38.5. The van der Waals surface area contributed by atoms with Crippen LogP contribution < -0.4 is 0 Å². The van der Waals surface area contributed by atoms with Gasteiger partial charge in [0.05, 0.1) is 71.5 Å². The smallest absolute Gasteiger partial charge is 0.0698 e. The van der Waals surface area contributed by atoms with Crippen molar-refractivity contribution in [2.45, 2.75) is 96.8 Å². The first-order valence-corrected chi connectivity index (χ1v) is 22.2. The Balaban J connectivity index is -0.000000507. The monoisotopic (exact) mass is 736 g/mol. The summed E-state index contributed by atoms with van der Waals surface area (Å²) in [6.45, 7) is 9.66. The predicted molar refractivity (Wildman–Crippen MR) is 154 cm³/mol. The summed E-state index contributed by atoms with van der Waals surface area (Å²) >= 11 is 0.299. The number of aliphatic hydroxyl groups is 4. The van der Waals surface area contributed by atoms with Gasteiger partial charge in [-0.05, 0) is 0 Å². The van der Waals surface area contributed by atoms with Crippen LogP contribution in [0.25, 0.3) is 0 Å². The van der Waals surface area contributed by atoms with Crippen molar-refractivity contribution in [3.05, 3.63) is 0 Å². The van der Waals surface area contributed by atoms with E-state index in [9.17, 15) is 5.11 Å². The van der Waals surface area contributed by atoms with Gasteiger partial charge >= 0.3 is 139 Å². The zero-order valence-electron chi connectivity index (χ0n) is 24.1. The van der Waals surface area contributed by atoms with E-state index in [1.54, 1.807) is 17.7 Å². The molecule has 9 heteroatoms. The minimum atomic E-state index is -0.750. The van der Waals surface area contributed by atoms with Crippen molar-refractivity contribution in [2.75, 3.05) is 66.1 Å². The molecular formula is C27H60O7Sn2. The van der Waals surface area contributed by atoms with E-state index in [2.05, 4.69) is 27.7 Å². The van der Waals surface area contributed by atoms with Crippen molar-refractivity contribution in [2.24, 2.45) is 5.41 Å². The standard InChI is InChI=1S/C11H24O7.4C4H9.2Sn/c12-1-4-16-8-11(7-15,9-17-5-2-13)10-18-6-3-14;4*1-3-4-2;;/h12-15H,1-10H2;4*1,3-4H2,2H3;;. The van der Waals surface area contributed by atoms with Gasteiger partial charge in [-0.25, -0.2) is 0 Å². The SMILES string of the molecule is CCC[CH2][Sn][CH2]CCC.CCC[CH2][Sn][CH2]CCC.OCCOCC(CO)(COCCO)COCCO. The van der Waals surface area contributed by atoms with Gasteiger partial charge in [-0.3, -0.25) is 0 Å². The Kier molecular flexibility index (Phi) is 44.7. The van der Waals surface area contributed by atoms with Gasteiger partial charge in [-0.15, -0.1) is 0 Å². The Morgan fingerprint density at radius 1 is 0.500 bits per heavy atom. The van der Waals surface area contributed by atoms with E-state index in [0.717, 1.165) is 0 Å². The summed E-state index contributed by atoms with van der Waals surface area (Å²) in [5.41, 5.74) is -0.750.